The minimum absolute atomic E-state index is 0.0276. The van der Waals surface area contributed by atoms with Crippen molar-refractivity contribution in [3.05, 3.63) is 0 Å². The zero-order valence-corrected chi connectivity index (χ0v) is 10.2. The lowest BCUT2D eigenvalue weighted by molar-refractivity contribution is -0.138. The fourth-order valence-electron chi connectivity index (χ4n) is 1.56. The molecule has 16 heavy (non-hydrogen) atoms. The predicted octanol–water partition coefficient (Wildman–Crippen LogP) is 0.587. The molecule has 0 spiro atoms. The van der Waals surface area contributed by atoms with Crippen LogP contribution in [0.3, 0.4) is 0 Å². The minimum Gasteiger partial charge on any atom is -0.481 e. The molecule has 0 radical (unpaired) electrons. The number of carboxylic acid groups (broad SMARTS) is 1. The van der Waals surface area contributed by atoms with Crippen LogP contribution in [0.15, 0.2) is 0 Å². The third-order valence-electron chi connectivity index (χ3n) is 2.25. The highest BCUT2D eigenvalue weighted by atomic mass is 16.4. The molecule has 0 rings (SSSR count). The Bertz CT molecular complexity index is 239. The molecule has 0 aromatic heterocycles. The Balaban J connectivity index is 4.10. The van der Waals surface area contributed by atoms with Gasteiger partial charge in [-0.3, -0.25) is 9.59 Å². The highest BCUT2D eigenvalue weighted by Crippen LogP contribution is 2.14. The van der Waals surface area contributed by atoms with Gasteiger partial charge in [0.05, 0.1) is 6.04 Å². The summed E-state index contributed by atoms with van der Waals surface area (Å²) in [5, 5.41) is 11.4. The molecule has 0 aromatic carbocycles. The van der Waals surface area contributed by atoms with Crippen molar-refractivity contribution in [2.45, 2.75) is 39.7 Å². The third kappa shape index (κ3) is 7.23. The maximum atomic E-state index is 11.2. The van der Waals surface area contributed by atoms with Gasteiger partial charge in [0.1, 0.15) is 0 Å². The Kier molecular flexibility index (Phi) is 6.72. The molecule has 0 fully saturated rings. The van der Waals surface area contributed by atoms with E-state index in [4.69, 9.17) is 10.8 Å². The van der Waals surface area contributed by atoms with E-state index in [-0.39, 0.29) is 18.2 Å². The maximum Gasteiger partial charge on any atom is 0.303 e. The van der Waals surface area contributed by atoms with Gasteiger partial charge >= 0.3 is 5.97 Å². The van der Waals surface area contributed by atoms with E-state index in [0.29, 0.717) is 12.5 Å². The molecule has 0 saturated carbocycles. The van der Waals surface area contributed by atoms with Gasteiger partial charge < -0.3 is 16.2 Å². The van der Waals surface area contributed by atoms with Crippen molar-refractivity contribution in [1.82, 2.24) is 5.32 Å². The largest absolute Gasteiger partial charge is 0.481 e. The number of rotatable bonds is 7. The number of hydrogen-bond donors (Lipinski definition) is 3. The van der Waals surface area contributed by atoms with E-state index in [0.717, 1.165) is 6.42 Å². The van der Waals surface area contributed by atoms with Gasteiger partial charge in [-0.1, -0.05) is 13.8 Å². The third-order valence-corrected chi connectivity index (χ3v) is 2.25. The fourth-order valence-corrected chi connectivity index (χ4v) is 1.56. The summed E-state index contributed by atoms with van der Waals surface area (Å²) >= 11 is 0. The lowest BCUT2D eigenvalue weighted by atomic mass is 9.94. The number of aliphatic carboxylic acids is 1. The highest BCUT2D eigenvalue weighted by Gasteiger charge is 2.16. The van der Waals surface area contributed by atoms with Crippen LogP contribution >= 0.6 is 0 Å². The second-order valence-corrected chi connectivity index (χ2v) is 4.63. The summed E-state index contributed by atoms with van der Waals surface area (Å²) in [6.07, 6.45) is 0.864. The summed E-state index contributed by atoms with van der Waals surface area (Å²) in [5.74, 6) is -0.684. The molecule has 0 saturated heterocycles. The molecule has 4 N–H and O–H groups in total. The first-order valence-corrected chi connectivity index (χ1v) is 5.58. The molecular weight excluding hydrogens is 208 g/mol. The van der Waals surface area contributed by atoms with Crippen molar-refractivity contribution in [3.8, 4) is 0 Å². The summed E-state index contributed by atoms with van der Waals surface area (Å²) < 4.78 is 0. The topological polar surface area (TPSA) is 92.4 Å². The Morgan fingerprint density at radius 1 is 1.31 bits per heavy atom. The first-order valence-electron chi connectivity index (χ1n) is 5.58. The average Bonchev–Trinajstić information content (AvgIpc) is 2.11. The quantitative estimate of drug-likeness (QED) is 0.596. The van der Waals surface area contributed by atoms with Crippen LogP contribution < -0.4 is 11.1 Å². The van der Waals surface area contributed by atoms with Crippen molar-refractivity contribution in [2.75, 3.05) is 6.54 Å². The number of carboxylic acids is 1. The van der Waals surface area contributed by atoms with Gasteiger partial charge in [0.2, 0.25) is 5.91 Å². The average molecular weight is 230 g/mol. The second-order valence-electron chi connectivity index (χ2n) is 4.63. The Hall–Kier alpha value is -1.10. The van der Waals surface area contributed by atoms with E-state index in [9.17, 15) is 9.59 Å². The zero-order chi connectivity index (χ0) is 12.7. The van der Waals surface area contributed by atoms with Crippen LogP contribution in [0.4, 0.5) is 0 Å². The SMILES string of the molecule is CC(C)CC(CNC(=O)[C@@H](C)N)CC(=O)O. The molecule has 5 nitrogen and oxygen atoms in total. The first-order chi connectivity index (χ1) is 7.32. The molecule has 0 bridgehead atoms. The number of carbonyl (C=O) groups is 2. The van der Waals surface area contributed by atoms with Gasteiger partial charge in [-0.15, -0.1) is 0 Å². The number of amides is 1. The molecule has 1 amide bonds. The molecule has 0 aliphatic heterocycles. The summed E-state index contributed by atoms with van der Waals surface area (Å²) in [6.45, 7) is 6.04. The van der Waals surface area contributed by atoms with Gasteiger partial charge in [0.15, 0.2) is 0 Å². The molecule has 1 unspecified atom stereocenters. The molecule has 2 atom stereocenters. The Morgan fingerprint density at radius 2 is 1.88 bits per heavy atom. The minimum atomic E-state index is -0.833. The normalized spacial score (nSPS) is 14.6. The molecule has 94 valence electrons. The van der Waals surface area contributed by atoms with Gasteiger partial charge in [-0.05, 0) is 25.2 Å². The number of nitrogens with two attached hydrogens (primary N) is 1. The first kappa shape index (κ1) is 14.9. The molecule has 0 aliphatic rings. The van der Waals surface area contributed by atoms with Crippen LogP contribution in [0.1, 0.15) is 33.6 Å². The van der Waals surface area contributed by atoms with Gasteiger partial charge in [-0.2, -0.15) is 0 Å². The zero-order valence-electron chi connectivity index (χ0n) is 10.2. The summed E-state index contributed by atoms with van der Waals surface area (Å²) in [5.41, 5.74) is 5.40. The van der Waals surface area contributed by atoms with Crippen molar-refractivity contribution in [3.63, 3.8) is 0 Å². The van der Waals surface area contributed by atoms with Crippen LogP contribution in [0.25, 0.3) is 0 Å². The molecular formula is C11H22N2O3. The van der Waals surface area contributed by atoms with Gasteiger partial charge in [0, 0.05) is 13.0 Å². The Morgan fingerprint density at radius 3 is 2.25 bits per heavy atom. The van der Waals surface area contributed by atoms with E-state index >= 15 is 0 Å². The maximum absolute atomic E-state index is 11.2. The van der Waals surface area contributed by atoms with E-state index in [1.807, 2.05) is 13.8 Å². The fraction of sp³-hybridized carbons (Fsp3) is 0.818. The van der Waals surface area contributed by atoms with E-state index in [1.165, 1.54) is 0 Å². The Labute approximate surface area is 96.4 Å². The van der Waals surface area contributed by atoms with Gasteiger partial charge in [-0.25, -0.2) is 0 Å². The summed E-state index contributed by atoms with van der Waals surface area (Å²) in [4.78, 5) is 21.9. The molecule has 5 heteroatoms. The predicted molar refractivity (Wildman–Crippen MR) is 61.9 cm³/mol. The molecule has 0 aromatic rings. The lowest BCUT2D eigenvalue weighted by Gasteiger charge is -2.18. The molecule has 0 heterocycles. The monoisotopic (exact) mass is 230 g/mol. The number of hydrogen-bond acceptors (Lipinski definition) is 3. The van der Waals surface area contributed by atoms with Crippen molar-refractivity contribution in [2.24, 2.45) is 17.6 Å². The van der Waals surface area contributed by atoms with Gasteiger partial charge in [0.25, 0.3) is 0 Å². The van der Waals surface area contributed by atoms with Crippen molar-refractivity contribution in [1.29, 1.82) is 0 Å². The van der Waals surface area contributed by atoms with E-state index in [1.54, 1.807) is 6.92 Å². The number of nitrogens with one attached hydrogen (secondary N) is 1. The van der Waals surface area contributed by atoms with E-state index < -0.39 is 12.0 Å². The van der Waals surface area contributed by atoms with Crippen molar-refractivity contribution < 1.29 is 14.7 Å². The van der Waals surface area contributed by atoms with Crippen molar-refractivity contribution >= 4 is 11.9 Å². The van der Waals surface area contributed by atoms with Crippen LogP contribution in [0.5, 0.6) is 0 Å². The smallest absolute Gasteiger partial charge is 0.303 e. The second kappa shape index (κ2) is 7.22. The standard InChI is InChI=1S/C11H22N2O3/c1-7(2)4-9(5-10(14)15)6-13-11(16)8(3)12/h7-9H,4-6,12H2,1-3H3,(H,13,16)(H,14,15)/t8-,9?/m1/s1. The van der Waals surface area contributed by atoms with E-state index in [2.05, 4.69) is 5.32 Å². The molecule has 0 aliphatic carbocycles. The summed E-state index contributed by atoms with van der Waals surface area (Å²) in [6, 6.07) is -0.551. The summed E-state index contributed by atoms with van der Waals surface area (Å²) in [7, 11) is 0. The van der Waals surface area contributed by atoms with Crippen LogP contribution in [0.2, 0.25) is 0 Å². The van der Waals surface area contributed by atoms with Crippen LogP contribution in [-0.2, 0) is 9.59 Å². The number of carbonyl (C=O) groups excluding carboxylic acids is 1. The van der Waals surface area contributed by atoms with Crippen LogP contribution in [-0.4, -0.2) is 29.6 Å². The lowest BCUT2D eigenvalue weighted by Crippen LogP contribution is -2.41. The van der Waals surface area contributed by atoms with Crippen LogP contribution in [0, 0.1) is 11.8 Å². The highest BCUT2D eigenvalue weighted by molar-refractivity contribution is 5.81.